The van der Waals surface area contributed by atoms with Gasteiger partial charge in [-0.1, -0.05) is 37.8 Å². The molecule has 0 aliphatic heterocycles. The lowest BCUT2D eigenvalue weighted by Gasteiger charge is -2.09. The van der Waals surface area contributed by atoms with E-state index in [1.165, 1.54) is 19.3 Å². The highest BCUT2D eigenvalue weighted by molar-refractivity contribution is 6.30. The van der Waals surface area contributed by atoms with Gasteiger partial charge in [0.1, 0.15) is 11.5 Å². The summed E-state index contributed by atoms with van der Waals surface area (Å²) < 4.78 is 11.1. The Balaban J connectivity index is 1.70. The lowest BCUT2D eigenvalue weighted by atomic mass is 10.2. The summed E-state index contributed by atoms with van der Waals surface area (Å²) in [6, 6.07) is 14.2. The average Bonchev–Trinajstić information content (AvgIpc) is 2.62. The summed E-state index contributed by atoms with van der Waals surface area (Å²) in [5, 5.41) is 3.42. The van der Waals surface area contributed by atoms with E-state index in [0.29, 0.717) is 16.5 Å². The Morgan fingerprint density at radius 3 is 2.24 bits per heavy atom. The molecule has 0 spiro atoms. The Hall–Kier alpha value is -2.20. The molecule has 0 aliphatic rings. The zero-order valence-electron chi connectivity index (χ0n) is 14.5. The summed E-state index contributed by atoms with van der Waals surface area (Å²) >= 11 is 5.80. The molecule has 0 aromatic heterocycles. The number of anilines is 1. The number of rotatable bonds is 10. The molecule has 1 N–H and O–H groups in total. The van der Waals surface area contributed by atoms with Crippen molar-refractivity contribution in [3.8, 4) is 11.5 Å². The average molecular weight is 362 g/mol. The molecule has 5 heteroatoms. The largest absolute Gasteiger partial charge is 0.494 e. The Labute approximate surface area is 154 Å². The van der Waals surface area contributed by atoms with Gasteiger partial charge in [-0.2, -0.15) is 0 Å². The van der Waals surface area contributed by atoms with E-state index in [1.807, 2.05) is 24.3 Å². The number of unbranched alkanes of at least 4 members (excludes halogenated alkanes) is 3. The SMILES string of the molecule is CCCCCCOc1ccc(NC(=O)COc2ccc(Cl)cc2)cc1. The fourth-order valence-corrected chi connectivity index (χ4v) is 2.36. The van der Waals surface area contributed by atoms with Crippen LogP contribution < -0.4 is 14.8 Å². The molecule has 4 nitrogen and oxygen atoms in total. The fourth-order valence-electron chi connectivity index (χ4n) is 2.23. The molecule has 2 rings (SSSR count). The van der Waals surface area contributed by atoms with Crippen LogP contribution in [0.4, 0.5) is 5.69 Å². The van der Waals surface area contributed by atoms with Crippen molar-refractivity contribution in [2.45, 2.75) is 32.6 Å². The zero-order valence-corrected chi connectivity index (χ0v) is 15.2. The van der Waals surface area contributed by atoms with Gasteiger partial charge < -0.3 is 14.8 Å². The summed E-state index contributed by atoms with van der Waals surface area (Å²) in [7, 11) is 0. The summed E-state index contributed by atoms with van der Waals surface area (Å²) in [5.74, 6) is 1.20. The molecular formula is C20H24ClNO3. The molecule has 0 aliphatic carbocycles. The van der Waals surface area contributed by atoms with Crippen LogP contribution in [0.3, 0.4) is 0 Å². The van der Waals surface area contributed by atoms with Gasteiger partial charge in [-0.15, -0.1) is 0 Å². The van der Waals surface area contributed by atoms with Gasteiger partial charge in [-0.25, -0.2) is 0 Å². The van der Waals surface area contributed by atoms with E-state index in [-0.39, 0.29) is 12.5 Å². The van der Waals surface area contributed by atoms with Crippen molar-refractivity contribution in [3.63, 3.8) is 0 Å². The second kappa shape index (κ2) is 10.6. The molecule has 0 fully saturated rings. The monoisotopic (exact) mass is 361 g/mol. The number of halogens is 1. The van der Waals surface area contributed by atoms with Crippen LogP contribution in [0.5, 0.6) is 11.5 Å². The minimum Gasteiger partial charge on any atom is -0.494 e. The van der Waals surface area contributed by atoms with Crippen LogP contribution in [0.2, 0.25) is 5.02 Å². The Morgan fingerprint density at radius 2 is 1.56 bits per heavy atom. The van der Waals surface area contributed by atoms with Crippen molar-refractivity contribution in [1.29, 1.82) is 0 Å². The predicted octanol–water partition coefficient (Wildman–Crippen LogP) is 5.32. The number of nitrogens with one attached hydrogen (secondary N) is 1. The molecule has 0 radical (unpaired) electrons. The molecule has 0 heterocycles. The maximum absolute atomic E-state index is 11.9. The number of hydrogen-bond acceptors (Lipinski definition) is 3. The Morgan fingerprint density at radius 1 is 0.920 bits per heavy atom. The normalized spacial score (nSPS) is 10.3. The number of ether oxygens (including phenoxy) is 2. The summed E-state index contributed by atoms with van der Waals surface area (Å²) in [4.78, 5) is 11.9. The number of carbonyl (C=O) groups excluding carboxylic acids is 1. The summed E-state index contributed by atoms with van der Waals surface area (Å²) in [6.07, 6.45) is 4.72. The lowest BCUT2D eigenvalue weighted by Crippen LogP contribution is -2.20. The van der Waals surface area contributed by atoms with Crippen LogP contribution in [0.1, 0.15) is 32.6 Å². The van der Waals surface area contributed by atoms with Crippen LogP contribution in [-0.4, -0.2) is 19.1 Å². The van der Waals surface area contributed by atoms with Crippen LogP contribution in [0.25, 0.3) is 0 Å². The van der Waals surface area contributed by atoms with Gasteiger partial charge in [0, 0.05) is 10.7 Å². The van der Waals surface area contributed by atoms with Crippen LogP contribution in [0.15, 0.2) is 48.5 Å². The van der Waals surface area contributed by atoms with Gasteiger partial charge in [0.05, 0.1) is 6.61 Å². The van der Waals surface area contributed by atoms with Gasteiger partial charge in [-0.3, -0.25) is 4.79 Å². The van der Waals surface area contributed by atoms with Gasteiger partial charge in [0.25, 0.3) is 5.91 Å². The topological polar surface area (TPSA) is 47.6 Å². The quantitative estimate of drug-likeness (QED) is 0.583. The Bertz CT molecular complexity index is 641. The smallest absolute Gasteiger partial charge is 0.262 e. The molecule has 0 unspecified atom stereocenters. The van der Waals surface area contributed by atoms with Crippen molar-refractivity contribution < 1.29 is 14.3 Å². The molecule has 134 valence electrons. The van der Waals surface area contributed by atoms with E-state index in [4.69, 9.17) is 21.1 Å². The number of amides is 1. The van der Waals surface area contributed by atoms with Gasteiger partial charge in [0.15, 0.2) is 6.61 Å². The zero-order chi connectivity index (χ0) is 17.9. The summed E-state index contributed by atoms with van der Waals surface area (Å²) in [5.41, 5.74) is 0.711. The van der Waals surface area contributed by atoms with Crippen LogP contribution >= 0.6 is 11.6 Å². The minimum atomic E-state index is -0.219. The van der Waals surface area contributed by atoms with Crippen LogP contribution in [-0.2, 0) is 4.79 Å². The predicted molar refractivity (Wildman–Crippen MR) is 102 cm³/mol. The highest BCUT2D eigenvalue weighted by atomic mass is 35.5. The maximum Gasteiger partial charge on any atom is 0.262 e. The molecule has 25 heavy (non-hydrogen) atoms. The number of benzene rings is 2. The first-order valence-electron chi connectivity index (χ1n) is 8.58. The van der Waals surface area contributed by atoms with E-state index in [9.17, 15) is 4.79 Å². The third-order valence-electron chi connectivity index (χ3n) is 3.59. The first kappa shape index (κ1) is 19.1. The first-order valence-corrected chi connectivity index (χ1v) is 8.96. The van der Waals surface area contributed by atoms with E-state index in [2.05, 4.69) is 12.2 Å². The van der Waals surface area contributed by atoms with Gasteiger partial charge in [0.2, 0.25) is 0 Å². The Kier molecular flexibility index (Phi) is 8.13. The molecular weight excluding hydrogens is 338 g/mol. The third-order valence-corrected chi connectivity index (χ3v) is 3.84. The molecule has 0 saturated heterocycles. The van der Waals surface area contributed by atoms with Gasteiger partial charge in [-0.05, 0) is 55.0 Å². The van der Waals surface area contributed by atoms with E-state index >= 15 is 0 Å². The summed E-state index contributed by atoms with van der Waals surface area (Å²) in [6.45, 7) is 2.85. The fraction of sp³-hybridized carbons (Fsp3) is 0.350. The molecule has 1 amide bonds. The number of carbonyl (C=O) groups is 1. The second-order valence-electron chi connectivity index (χ2n) is 5.72. The van der Waals surface area contributed by atoms with Crippen molar-refractivity contribution in [3.05, 3.63) is 53.6 Å². The van der Waals surface area contributed by atoms with Gasteiger partial charge >= 0.3 is 0 Å². The third kappa shape index (κ3) is 7.48. The first-order chi connectivity index (χ1) is 12.2. The van der Waals surface area contributed by atoms with Crippen molar-refractivity contribution in [1.82, 2.24) is 0 Å². The van der Waals surface area contributed by atoms with Crippen molar-refractivity contribution in [2.75, 3.05) is 18.5 Å². The van der Waals surface area contributed by atoms with E-state index in [1.54, 1.807) is 24.3 Å². The molecule has 0 bridgehead atoms. The van der Waals surface area contributed by atoms with E-state index < -0.39 is 0 Å². The minimum absolute atomic E-state index is 0.0582. The highest BCUT2D eigenvalue weighted by Gasteiger charge is 2.04. The van der Waals surface area contributed by atoms with Crippen molar-refractivity contribution >= 4 is 23.2 Å². The number of hydrogen-bond donors (Lipinski definition) is 1. The standard InChI is InChI=1S/C20H24ClNO3/c1-2-3-4-5-14-24-18-12-8-17(9-13-18)22-20(23)15-25-19-10-6-16(21)7-11-19/h6-13H,2-5,14-15H2,1H3,(H,22,23). The van der Waals surface area contributed by atoms with E-state index in [0.717, 1.165) is 18.8 Å². The highest BCUT2D eigenvalue weighted by Crippen LogP contribution is 2.17. The second-order valence-corrected chi connectivity index (χ2v) is 6.16. The maximum atomic E-state index is 11.9. The molecule has 2 aromatic rings. The molecule has 0 atom stereocenters. The molecule has 0 saturated carbocycles. The van der Waals surface area contributed by atoms with Crippen molar-refractivity contribution in [2.24, 2.45) is 0 Å². The lowest BCUT2D eigenvalue weighted by molar-refractivity contribution is -0.118. The molecule has 2 aromatic carbocycles. The van der Waals surface area contributed by atoms with Crippen LogP contribution in [0, 0.1) is 0 Å².